The molecule has 4 heterocycles. The lowest BCUT2D eigenvalue weighted by atomic mass is 10.1. The van der Waals surface area contributed by atoms with E-state index in [1.807, 2.05) is 48.5 Å². The van der Waals surface area contributed by atoms with Crippen molar-refractivity contribution >= 4 is 61.9 Å². The van der Waals surface area contributed by atoms with E-state index in [9.17, 15) is 18.0 Å². The molecule has 208 valence electrons. The summed E-state index contributed by atoms with van der Waals surface area (Å²) >= 11 is 6.71. The van der Waals surface area contributed by atoms with Crippen molar-refractivity contribution in [2.75, 3.05) is 36.0 Å². The first-order valence-electron chi connectivity index (χ1n) is 13.4. The third kappa shape index (κ3) is 6.93. The molecule has 1 aromatic carbocycles. The van der Waals surface area contributed by atoms with Gasteiger partial charge in [0, 0.05) is 38.2 Å². The quantitative estimate of drug-likeness (QED) is 0.314. The fourth-order valence-electron chi connectivity index (χ4n) is 5.27. The third-order valence-electron chi connectivity index (χ3n) is 7.35. The van der Waals surface area contributed by atoms with E-state index in [-0.39, 0.29) is 42.3 Å². The smallest absolute Gasteiger partial charge is 0.266 e. The first-order chi connectivity index (χ1) is 18.8. The number of amides is 2. The SMILES string of the molecule is O=C1/C(=C/c2ccccc2)SC(=S)N1CCCC(=O)N(Cc1ccc(N2CCCCC2)o1)C1CCS(=O)(=O)C1. The van der Waals surface area contributed by atoms with Gasteiger partial charge in [0.1, 0.15) is 10.1 Å². The Kier molecular flexibility index (Phi) is 8.78. The summed E-state index contributed by atoms with van der Waals surface area (Å²) in [7, 11) is -3.17. The van der Waals surface area contributed by atoms with Gasteiger partial charge in [-0.3, -0.25) is 14.5 Å². The molecule has 1 atom stereocenters. The highest BCUT2D eigenvalue weighted by Gasteiger charge is 2.36. The van der Waals surface area contributed by atoms with Crippen molar-refractivity contribution in [3.63, 3.8) is 0 Å². The summed E-state index contributed by atoms with van der Waals surface area (Å²) in [5.74, 6) is 1.21. The predicted octanol–water partition coefficient (Wildman–Crippen LogP) is 4.47. The summed E-state index contributed by atoms with van der Waals surface area (Å²) in [4.78, 5) is 32.4. The zero-order valence-electron chi connectivity index (χ0n) is 21.8. The Morgan fingerprint density at radius 3 is 2.62 bits per heavy atom. The summed E-state index contributed by atoms with van der Waals surface area (Å²) < 4.78 is 31.0. The number of rotatable bonds is 9. The fourth-order valence-corrected chi connectivity index (χ4v) is 8.31. The van der Waals surface area contributed by atoms with E-state index in [0.29, 0.717) is 34.4 Å². The van der Waals surface area contributed by atoms with E-state index >= 15 is 0 Å². The van der Waals surface area contributed by atoms with Crippen molar-refractivity contribution in [1.29, 1.82) is 0 Å². The van der Waals surface area contributed by atoms with Crippen LogP contribution in [0.2, 0.25) is 0 Å². The normalized spacial score (nSPS) is 22.2. The molecule has 8 nitrogen and oxygen atoms in total. The van der Waals surface area contributed by atoms with E-state index in [0.717, 1.165) is 37.4 Å². The van der Waals surface area contributed by atoms with Crippen molar-refractivity contribution in [1.82, 2.24) is 9.80 Å². The molecule has 2 amide bonds. The van der Waals surface area contributed by atoms with Crippen LogP contribution >= 0.6 is 24.0 Å². The second-order valence-electron chi connectivity index (χ2n) is 10.2. The number of sulfone groups is 1. The summed E-state index contributed by atoms with van der Waals surface area (Å²) in [5.41, 5.74) is 0.928. The van der Waals surface area contributed by atoms with Gasteiger partial charge in [-0.2, -0.15) is 0 Å². The van der Waals surface area contributed by atoms with Gasteiger partial charge in [-0.25, -0.2) is 8.42 Å². The number of thioether (sulfide) groups is 1. The lowest BCUT2D eigenvalue weighted by Gasteiger charge is -2.28. The summed E-state index contributed by atoms with van der Waals surface area (Å²) in [6, 6.07) is 13.0. The molecule has 0 saturated carbocycles. The number of piperidine rings is 1. The molecule has 0 N–H and O–H groups in total. The number of carbonyl (C=O) groups excluding carboxylic acids is 2. The Labute approximate surface area is 239 Å². The second-order valence-corrected chi connectivity index (χ2v) is 14.1. The van der Waals surface area contributed by atoms with E-state index in [4.69, 9.17) is 16.6 Å². The summed E-state index contributed by atoms with van der Waals surface area (Å²) in [6.45, 7) is 2.47. The molecule has 2 aromatic rings. The molecule has 3 aliphatic rings. The van der Waals surface area contributed by atoms with E-state index in [1.54, 1.807) is 9.80 Å². The third-order valence-corrected chi connectivity index (χ3v) is 10.5. The maximum atomic E-state index is 13.4. The van der Waals surface area contributed by atoms with Crippen LogP contribution in [-0.4, -0.2) is 71.5 Å². The lowest BCUT2D eigenvalue weighted by molar-refractivity contribution is -0.134. The first kappa shape index (κ1) is 27.9. The molecule has 0 spiro atoms. The Hall–Kier alpha value is -2.63. The van der Waals surface area contributed by atoms with Crippen LogP contribution in [0.25, 0.3) is 6.08 Å². The van der Waals surface area contributed by atoms with Crippen molar-refractivity contribution in [3.05, 3.63) is 58.7 Å². The van der Waals surface area contributed by atoms with Gasteiger partial charge < -0.3 is 14.2 Å². The fraction of sp³-hybridized carbons (Fsp3) is 0.464. The van der Waals surface area contributed by atoms with Gasteiger partial charge in [-0.15, -0.1) is 0 Å². The van der Waals surface area contributed by atoms with E-state index < -0.39 is 9.84 Å². The molecule has 39 heavy (non-hydrogen) atoms. The van der Waals surface area contributed by atoms with Gasteiger partial charge in [0.25, 0.3) is 5.91 Å². The molecular formula is C28H33N3O5S3. The second kappa shape index (κ2) is 12.3. The Bertz CT molecular complexity index is 1350. The van der Waals surface area contributed by atoms with Crippen LogP contribution in [-0.2, 0) is 26.0 Å². The minimum atomic E-state index is -3.17. The predicted molar refractivity (Wildman–Crippen MR) is 158 cm³/mol. The molecule has 1 aromatic heterocycles. The number of benzene rings is 1. The number of furan rings is 1. The highest BCUT2D eigenvalue weighted by atomic mass is 32.2. The molecule has 3 fully saturated rings. The molecular weight excluding hydrogens is 555 g/mol. The lowest BCUT2D eigenvalue weighted by Crippen LogP contribution is -2.41. The minimum Gasteiger partial charge on any atom is -0.444 e. The molecule has 0 radical (unpaired) electrons. The number of nitrogens with zero attached hydrogens (tertiary/aromatic N) is 3. The van der Waals surface area contributed by atoms with Gasteiger partial charge in [0.15, 0.2) is 15.7 Å². The Balaban J connectivity index is 1.21. The van der Waals surface area contributed by atoms with Crippen LogP contribution in [0, 0.1) is 0 Å². The van der Waals surface area contributed by atoms with Crippen molar-refractivity contribution < 1.29 is 22.4 Å². The summed E-state index contributed by atoms with van der Waals surface area (Å²) in [5, 5.41) is 0. The Morgan fingerprint density at radius 2 is 1.90 bits per heavy atom. The molecule has 1 unspecified atom stereocenters. The molecule has 0 aliphatic carbocycles. The highest BCUT2D eigenvalue weighted by Crippen LogP contribution is 2.33. The zero-order chi connectivity index (χ0) is 27.4. The van der Waals surface area contributed by atoms with Crippen LogP contribution in [0.5, 0.6) is 0 Å². The zero-order valence-corrected chi connectivity index (χ0v) is 24.2. The van der Waals surface area contributed by atoms with Crippen molar-refractivity contribution in [3.8, 4) is 0 Å². The average Bonchev–Trinajstić information content (AvgIpc) is 3.62. The molecule has 11 heteroatoms. The standard InChI is InChI=1S/C28H33N3O5S3/c32-25(10-7-16-30-27(33)24(38-28(30)37)18-21-8-3-1-4-9-21)31(22-13-17-39(34,35)20-22)19-23-11-12-26(36-23)29-14-5-2-6-15-29/h1,3-4,8-9,11-12,18,22H,2,5-7,10,13-17,19-20H2/b24-18-. The molecule has 5 rings (SSSR count). The summed E-state index contributed by atoms with van der Waals surface area (Å²) in [6.07, 6.45) is 6.35. The van der Waals surface area contributed by atoms with E-state index in [2.05, 4.69) is 4.90 Å². The van der Waals surface area contributed by atoms with Crippen LogP contribution in [0.1, 0.15) is 49.8 Å². The minimum absolute atomic E-state index is 0.0303. The van der Waals surface area contributed by atoms with Crippen LogP contribution < -0.4 is 4.90 Å². The van der Waals surface area contributed by atoms with Gasteiger partial charge in [-0.1, -0.05) is 54.3 Å². The van der Waals surface area contributed by atoms with E-state index in [1.165, 1.54) is 18.2 Å². The van der Waals surface area contributed by atoms with Crippen LogP contribution in [0.4, 0.5) is 5.88 Å². The maximum Gasteiger partial charge on any atom is 0.266 e. The molecule has 0 bridgehead atoms. The Morgan fingerprint density at radius 1 is 1.13 bits per heavy atom. The number of carbonyl (C=O) groups is 2. The number of anilines is 1. The van der Waals surface area contributed by atoms with Gasteiger partial charge in [-0.05, 0) is 49.8 Å². The van der Waals surface area contributed by atoms with Gasteiger partial charge in [0.2, 0.25) is 5.91 Å². The highest BCUT2D eigenvalue weighted by molar-refractivity contribution is 8.26. The van der Waals surface area contributed by atoms with Gasteiger partial charge >= 0.3 is 0 Å². The largest absolute Gasteiger partial charge is 0.444 e. The van der Waals surface area contributed by atoms with Crippen LogP contribution in [0.3, 0.4) is 0 Å². The van der Waals surface area contributed by atoms with Crippen molar-refractivity contribution in [2.24, 2.45) is 0 Å². The number of thiocarbonyl (C=S) groups is 1. The number of hydrogen-bond acceptors (Lipinski definition) is 8. The van der Waals surface area contributed by atoms with Gasteiger partial charge in [0.05, 0.1) is 23.0 Å². The van der Waals surface area contributed by atoms with Crippen LogP contribution in [0.15, 0.2) is 51.8 Å². The monoisotopic (exact) mass is 587 g/mol. The topological polar surface area (TPSA) is 91.1 Å². The first-order valence-corrected chi connectivity index (χ1v) is 16.5. The number of hydrogen-bond donors (Lipinski definition) is 0. The molecule has 3 saturated heterocycles. The average molecular weight is 588 g/mol. The molecule has 3 aliphatic heterocycles. The van der Waals surface area contributed by atoms with Crippen molar-refractivity contribution in [2.45, 2.75) is 51.1 Å². The maximum absolute atomic E-state index is 13.4.